The highest BCUT2D eigenvalue weighted by molar-refractivity contribution is 6.30. The number of esters is 2. The summed E-state index contributed by atoms with van der Waals surface area (Å²) in [6, 6.07) is 12.5. The highest BCUT2D eigenvalue weighted by Gasteiger charge is 2.65. The molecule has 1 heterocycles. The van der Waals surface area contributed by atoms with Crippen LogP contribution in [-0.2, 0) is 19.1 Å². The second kappa shape index (κ2) is 8.17. The SMILES string of the molecule is COc1cc(OC)cc([C@H]2C=CC[C@@H](c3ccc(Cl)cc3)C23C(=O)OC(C)(C)OC3=O)c1. The lowest BCUT2D eigenvalue weighted by atomic mass is 9.58. The third-order valence-corrected chi connectivity index (χ3v) is 6.35. The lowest BCUT2D eigenvalue weighted by Gasteiger charge is -2.48. The normalized spacial score (nSPS) is 23.4. The quantitative estimate of drug-likeness (QED) is 0.366. The number of methoxy groups -OCH3 is 2. The summed E-state index contributed by atoms with van der Waals surface area (Å²) in [5, 5.41) is 0.568. The Hall–Kier alpha value is -2.99. The number of cyclic esters (lactones) is 2. The van der Waals surface area contributed by atoms with Crippen LogP contribution in [0.3, 0.4) is 0 Å². The van der Waals surface area contributed by atoms with Crippen molar-refractivity contribution in [3.63, 3.8) is 0 Å². The maximum absolute atomic E-state index is 13.7. The van der Waals surface area contributed by atoms with Crippen LogP contribution in [-0.4, -0.2) is 31.9 Å². The van der Waals surface area contributed by atoms with E-state index in [2.05, 4.69) is 0 Å². The van der Waals surface area contributed by atoms with Crippen LogP contribution in [0.5, 0.6) is 11.5 Å². The van der Waals surface area contributed by atoms with Crippen molar-refractivity contribution in [1.29, 1.82) is 0 Å². The molecule has 0 amide bonds. The van der Waals surface area contributed by atoms with Crippen LogP contribution in [0, 0.1) is 5.41 Å². The van der Waals surface area contributed by atoms with E-state index in [1.807, 2.05) is 24.3 Å². The summed E-state index contributed by atoms with van der Waals surface area (Å²) in [6.07, 6.45) is 4.30. The number of rotatable bonds is 4. The van der Waals surface area contributed by atoms with Gasteiger partial charge in [0.1, 0.15) is 11.5 Å². The summed E-state index contributed by atoms with van der Waals surface area (Å²) in [5.74, 6) is -2.64. The third-order valence-electron chi connectivity index (χ3n) is 6.10. The number of benzene rings is 2. The number of carbonyl (C=O) groups excluding carboxylic acids is 2. The molecule has 6 nitrogen and oxygen atoms in total. The van der Waals surface area contributed by atoms with Crippen LogP contribution in [0.2, 0.25) is 5.02 Å². The molecule has 1 spiro atoms. The van der Waals surface area contributed by atoms with Crippen molar-refractivity contribution >= 4 is 23.5 Å². The third kappa shape index (κ3) is 3.62. The molecule has 168 valence electrons. The maximum Gasteiger partial charge on any atom is 0.328 e. The number of halogens is 1. The molecule has 2 aliphatic rings. The fourth-order valence-electron chi connectivity index (χ4n) is 4.64. The fourth-order valence-corrected chi connectivity index (χ4v) is 4.77. The summed E-state index contributed by atoms with van der Waals surface area (Å²) >= 11 is 6.09. The second-order valence-electron chi connectivity index (χ2n) is 8.44. The minimum atomic E-state index is -1.62. The zero-order valence-corrected chi connectivity index (χ0v) is 19.1. The van der Waals surface area contributed by atoms with E-state index in [0.717, 1.165) is 5.56 Å². The Morgan fingerprint density at radius 2 is 1.47 bits per heavy atom. The van der Waals surface area contributed by atoms with E-state index in [1.165, 1.54) is 0 Å². The average molecular weight is 457 g/mol. The lowest BCUT2D eigenvalue weighted by molar-refractivity contribution is -0.254. The minimum absolute atomic E-state index is 0.462. The number of carbonyl (C=O) groups is 2. The molecule has 0 bridgehead atoms. The topological polar surface area (TPSA) is 71.1 Å². The molecule has 1 saturated heterocycles. The molecule has 0 aromatic heterocycles. The van der Waals surface area contributed by atoms with Crippen LogP contribution >= 0.6 is 11.6 Å². The van der Waals surface area contributed by atoms with Crippen molar-refractivity contribution in [1.82, 2.24) is 0 Å². The van der Waals surface area contributed by atoms with E-state index in [4.69, 9.17) is 30.5 Å². The van der Waals surface area contributed by atoms with Gasteiger partial charge in [-0.3, -0.25) is 9.59 Å². The van der Waals surface area contributed by atoms with Gasteiger partial charge in [0, 0.05) is 36.8 Å². The molecule has 1 aliphatic carbocycles. The smallest absolute Gasteiger partial charge is 0.328 e. The van der Waals surface area contributed by atoms with Crippen molar-refractivity contribution in [2.75, 3.05) is 14.2 Å². The predicted octanol–water partition coefficient (Wildman–Crippen LogP) is 5.01. The van der Waals surface area contributed by atoms with Crippen molar-refractivity contribution < 1.29 is 28.5 Å². The largest absolute Gasteiger partial charge is 0.497 e. The van der Waals surface area contributed by atoms with Crippen molar-refractivity contribution in [3.8, 4) is 11.5 Å². The first-order valence-corrected chi connectivity index (χ1v) is 10.7. The molecular weight excluding hydrogens is 432 g/mol. The van der Waals surface area contributed by atoms with E-state index < -0.39 is 35.0 Å². The highest BCUT2D eigenvalue weighted by atomic mass is 35.5. The first-order chi connectivity index (χ1) is 15.2. The van der Waals surface area contributed by atoms with Crippen molar-refractivity contribution in [2.24, 2.45) is 5.41 Å². The van der Waals surface area contributed by atoms with Gasteiger partial charge >= 0.3 is 11.9 Å². The molecule has 0 radical (unpaired) electrons. The summed E-state index contributed by atoms with van der Waals surface area (Å²) < 4.78 is 22.2. The predicted molar refractivity (Wildman–Crippen MR) is 119 cm³/mol. The molecule has 1 fully saturated rings. The average Bonchev–Trinajstić information content (AvgIpc) is 2.76. The van der Waals surface area contributed by atoms with Crippen LogP contribution in [0.15, 0.2) is 54.6 Å². The second-order valence-corrected chi connectivity index (χ2v) is 8.88. The maximum atomic E-state index is 13.7. The first-order valence-electron chi connectivity index (χ1n) is 10.3. The Labute approximate surface area is 192 Å². The molecule has 0 unspecified atom stereocenters. The molecule has 0 saturated carbocycles. The molecule has 0 N–H and O–H groups in total. The molecule has 1 aliphatic heterocycles. The Balaban J connectivity index is 1.94. The summed E-state index contributed by atoms with van der Waals surface area (Å²) in [6.45, 7) is 3.10. The van der Waals surface area contributed by atoms with E-state index in [1.54, 1.807) is 58.4 Å². The van der Waals surface area contributed by atoms with Gasteiger partial charge in [-0.15, -0.1) is 0 Å². The van der Waals surface area contributed by atoms with Gasteiger partial charge in [0.05, 0.1) is 14.2 Å². The van der Waals surface area contributed by atoms with E-state index in [-0.39, 0.29) is 0 Å². The lowest BCUT2D eigenvalue weighted by Crippen LogP contribution is -2.59. The minimum Gasteiger partial charge on any atom is -0.497 e. The molecule has 4 rings (SSSR count). The standard InChI is InChI=1S/C25H25ClO6/c1-24(2)31-22(27)25(23(28)32-24)20(15-8-10-17(26)11-9-15)6-5-7-21(25)16-12-18(29-3)14-19(13-16)30-4/h5,7-14,20-21H,6H2,1-4H3/t20-,21+/m0/s1. The van der Waals surface area contributed by atoms with Gasteiger partial charge in [-0.2, -0.15) is 0 Å². The molecular formula is C25H25ClO6. The van der Waals surface area contributed by atoms with Crippen LogP contribution in [0.4, 0.5) is 0 Å². The van der Waals surface area contributed by atoms with Gasteiger partial charge in [-0.25, -0.2) is 0 Å². The van der Waals surface area contributed by atoms with Gasteiger partial charge in [-0.05, 0) is 41.8 Å². The molecule has 2 aromatic rings. The zero-order valence-electron chi connectivity index (χ0n) is 18.4. The first kappa shape index (κ1) is 22.2. The molecule has 2 atom stereocenters. The Morgan fingerprint density at radius 3 is 2.00 bits per heavy atom. The monoisotopic (exact) mass is 456 g/mol. The van der Waals surface area contributed by atoms with Gasteiger partial charge in [0.25, 0.3) is 5.79 Å². The van der Waals surface area contributed by atoms with E-state index >= 15 is 0 Å². The van der Waals surface area contributed by atoms with E-state index in [9.17, 15) is 9.59 Å². The van der Waals surface area contributed by atoms with Gasteiger partial charge < -0.3 is 18.9 Å². The van der Waals surface area contributed by atoms with Crippen molar-refractivity contribution in [3.05, 3.63) is 70.8 Å². The number of allylic oxidation sites excluding steroid dienone is 2. The number of hydrogen-bond donors (Lipinski definition) is 0. The molecule has 2 aromatic carbocycles. The molecule has 7 heteroatoms. The summed E-state index contributed by atoms with van der Waals surface area (Å²) in [5.41, 5.74) is -0.132. The number of ether oxygens (including phenoxy) is 4. The van der Waals surface area contributed by atoms with Crippen LogP contribution < -0.4 is 9.47 Å². The Bertz CT molecular complexity index is 1030. The Morgan fingerprint density at radius 1 is 0.906 bits per heavy atom. The highest BCUT2D eigenvalue weighted by Crippen LogP contribution is 2.57. The Kier molecular flexibility index (Phi) is 5.67. The van der Waals surface area contributed by atoms with E-state index in [0.29, 0.717) is 28.5 Å². The van der Waals surface area contributed by atoms with Crippen molar-refractivity contribution in [2.45, 2.75) is 37.9 Å². The van der Waals surface area contributed by atoms with Gasteiger partial charge in [-0.1, -0.05) is 35.9 Å². The summed E-state index contributed by atoms with van der Waals surface area (Å²) in [4.78, 5) is 27.4. The van der Waals surface area contributed by atoms with Gasteiger partial charge in [0.2, 0.25) is 0 Å². The summed E-state index contributed by atoms with van der Waals surface area (Å²) in [7, 11) is 3.10. The van der Waals surface area contributed by atoms with Crippen LogP contribution in [0.25, 0.3) is 0 Å². The fraction of sp³-hybridized carbons (Fsp3) is 0.360. The number of hydrogen-bond acceptors (Lipinski definition) is 6. The van der Waals surface area contributed by atoms with Gasteiger partial charge in [0.15, 0.2) is 5.41 Å². The zero-order chi connectivity index (χ0) is 23.1. The molecule has 32 heavy (non-hydrogen) atoms. The van der Waals surface area contributed by atoms with Crippen LogP contribution in [0.1, 0.15) is 43.2 Å².